The summed E-state index contributed by atoms with van der Waals surface area (Å²) < 4.78 is 7.40. The molecule has 1 aliphatic rings. The Kier molecular flexibility index (Phi) is 3.16. The summed E-state index contributed by atoms with van der Waals surface area (Å²) in [5.74, 6) is 0.620. The number of nitrogens with zero attached hydrogens (tertiary/aromatic N) is 2. The van der Waals surface area contributed by atoms with E-state index in [0.29, 0.717) is 12.5 Å². The zero-order valence-corrected chi connectivity index (χ0v) is 8.35. The second kappa shape index (κ2) is 4.57. The number of aromatic nitrogens is 2. The van der Waals surface area contributed by atoms with E-state index < -0.39 is 0 Å². The van der Waals surface area contributed by atoms with Gasteiger partial charge in [0.2, 0.25) is 0 Å². The van der Waals surface area contributed by atoms with Gasteiger partial charge in [-0.2, -0.15) is 5.10 Å². The number of ether oxygens (including phenoxy) is 1. The van der Waals surface area contributed by atoms with Gasteiger partial charge < -0.3 is 10.5 Å². The molecule has 2 N–H and O–H groups in total. The van der Waals surface area contributed by atoms with Gasteiger partial charge in [-0.05, 0) is 12.8 Å². The van der Waals surface area contributed by atoms with Crippen LogP contribution in [0.25, 0.3) is 0 Å². The molecule has 1 aromatic rings. The first-order chi connectivity index (χ1) is 6.88. The van der Waals surface area contributed by atoms with Crippen LogP contribution in [0.2, 0.25) is 0 Å². The van der Waals surface area contributed by atoms with Crippen LogP contribution in [0.15, 0.2) is 12.4 Å². The summed E-state index contributed by atoms with van der Waals surface area (Å²) in [4.78, 5) is 0. The van der Waals surface area contributed by atoms with Gasteiger partial charge >= 0.3 is 0 Å². The van der Waals surface area contributed by atoms with E-state index in [9.17, 15) is 0 Å². The van der Waals surface area contributed by atoms with Gasteiger partial charge in [0.1, 0.15) is 0 Å². The van der Waals surface area contributed by atoms with E-state index in [-0.39, 0.29) is 0 Å². The summed E-state index contributed by atoms with van der Waals surface area (Å²) in [5.41, 5.74) is 6.62. The molecule has 0 spiro atoms. The fourth-order valence-corrected chi connectivity index (χ4v) is 1.83. The zero-order chi connectivity index (χ0) is 9.80. The number of hydrogen-bond donors (Lipinski definition) is 1. The van der Waals surface area contributed by atoms with E-state index in [4.69, 9.17) is 10.5 Å². The van der Waals surface area contributed by atoms with Gasteiger partial charge in [0.15, 0.2) is 0 Å². The van der Waals surface area contributed by atoms with E-state index in [1.807, 2.05) is 17.1 Å². The van der Waals surface area contributed by atoms with Gasteiger partial charge in [0.25, 0.3) is 0 Å². The van der Waals surface area contributed by atoms with Crippen molar-refractivity contribution in [3.8, 4) is 0 Å². The molecule has 4 nitrogen and oxygen atoms in total. The monoisotopic (exact) mass is 195 g/mol. The Morgan fingerprint density at radius 3 is 3.21 bits per heavy atom. The predicted octanol–water partition coefficient (Wildman–Crippen LogP) is 0.768. The summed E-state index contributed by atoms with van der Waals surface area (Å²) in [5, 5.41) is 4.26. The summed E-state index contributed by atoms with van der Waals surface area (Å²) in [6, 6.07) is 0. The Bertz CT molecular complexity index is 279. The minimum Gasteiger partial charge on any atom is -0.381 e. The van der Waals surface area contributed by atoms with Gasteiger partial charge in [0, 0.05) is 37.4 Å². The van der Waals surface area contributed by atoms with Crippen LogP contribution >= 0.6 is 0 Å². The molecule has 1 atom stereocenters. The fourth-order valence-electron chi connectivity index (χ4n) is 1.83. The smallest absolute Gasteiger partial charge is 0.0534 e. The molecule has 0 saturated carbocycles. The molecule has 0 bridgehead atoms. The lowest BCUT2D eigenvalue weighted by Gasteiger charge is -2.21. The minimum atomic E-state index is 0.571. The quantitative estimate of drug-likeness (QED) is 0.775. The molecule has 1 aromatic heterocycles. The third kappa shape index (κ3) is 2.33. The molecule has 0 radical (unpaired) electrons. The second-order valence-corrected chi connectivity index (χ2v) is 3.86. The molecule has 2 heterocycles. The number of rotatable bonds is 3. The Morgan fingerprint density at radius 1 is 1.64 bits per heavy atom. The zero-order valence-electron chi connectivity index (χ0n) is 8.35. The average Bonchev–Trinajstić information content (AvgIpc) is 2.67. The third-order valence-electron chi connectivity index (χ3n) is 2.62. The molecular weight excluding hydrogens is 178 g/mol. The lowest BCUT2D eigenvalue weighted by Crippen LogP contribution is -2.22. The Balaban J connectivity index is 1.89. The van der Waals surface area contributed by atoms with Crippen LogP contribution in [0.4, 0.5) is 0 Å². The first-order valence-electron chi connectivity index (χ1n) is 5.17. The molecule has 0 amide bonds. The summed E-state index contributed by atoms with van der Waals surface area (Å²) in [6.07, 6.45) is 6.28. The maximum atomic E-state index is 5.52. The van der Waals surface area contributed by atoms with Crippen molar-refractivity contribution in [3.63, 3.8) is 0 Å². The summed E-state index contributed by atoms with van der Waals surface area (Å²) in [7, 11) is 0. The van der Waals surface area contributed by atoms with Crippen molar-refractivity contribution in [2.24, 2.45) is 11.7 Å². The Hall–Kier alpha value is -0.870. The molecule has 0 aromatic carbocycles. The molecule has 2 rings (SSSR count). The molecule has 78 valence electrons. The van der Waals surface area contributed by atoms with Crippen LogP contribution in [-0.2, 0) is 17.8 Å². The van der Waals surface area contributed by atoms with Crippen molar-refractivity contribution in [1.82, 2.24) is 9.78 Å². The Labute approximate surface area is 84.0 Å². The van der Waals surface area contributed by atoms with Crippen molar-refractivity contribution in [2.45, 2.75) is 25.9 Å². The fraction of sp³-hybridized carbons (Fsp3) is 0.700. The first kappa shape index (κ1) is 9.68. The first-order valence-corrected chi connectivity index (χ1v) is 5.17. The lowest BCUT2D eigenvalue weighted by molar-refractivity contribution is 0.0470. The highest BCUT2D eigenvalue weighted by Crippen LogP contribution is 2.15. The molecule has 1 aliphatic heterocycles. The van der Waals surface area contributed by atoms with E-state index in [2.05, 4.69) is 5.10 Å². The van der Waals surface area contributed by atoms with Crippen LogP contribution in [-0.4, -0.2) is 23.0 Å². The van der Waals surface area contributed by atoms with Gasteiger partial charge in [-0.15, -0.1) is 0 Å². The van der Waals surface area contributed by atoms with Crippen molar-refractivity contribution >= 4 is 0 Å². The maximum Gasteiger partial charge on any atom is 0.0534 e. The highest BCUT2D eigenvalue weighted by atomic mass is 16.5. The highest BCUT2D eigenvalue weighted by molar-refractivity contribution is 5.02. The molecular formula is C10H17N3O. The van der Waals surface area contributed by atoms with E-state index >= 15 is 0 Å². The lowest BCUT2D eigenvalue weighted by atomic mass is 10.0. The molecule has 1 fully saturated rings. The van der Waals surface area contributed by atoms with E-state index in [1.54, 1.807) is 0 Å². The normalized spacial score (nSPS) is 22.5. The van der Waals surface area contributed by atoms with Crippen molar-refractivity contribution in [1.29, 1.82) is 0 Å². The van der Waals surface area contributed by atoms with Crippen LogP contribution in [0, 0.1) is 5.92 Å². The van der Waals surface area contributed by atoms with Gasteiger partial charge in [-0.1, -0.05) is 0 Å². The SMILES string of the molecule is NCc1cnn(CC2CCCOC2)c1. The van der Waals surface area contributed by atoms with Crippen LogP contribution < -0.4 is 5.73 Å². The third-order valence-corrected chi connectivity index (χ3v) is 2.62. The highest BCUT2D eigenvalue weighted by Gasteiger charge is 2.14. The minimum absolute atomic E-state index is 0.571. The number of hydrogen-bond acceptors (Lipinski definition) is 3. The van der Waals surface area contributed by atoms with Crippen molar-refractivity contribution < 1.29 is 4.74 Å². The van der Waals surface area contributed by atoms with Crippen LogP contribution in [0.1, 0.15) is 18.4 Å². The predicted molar refractivity (Wildman–Crippen MR) is 53.7 cm³/mol. The number of nitrogens with two attached hydrogens (primary N) is 1. The topological polar surface area (TPSA) is 53.1 Å². The molecule has 1 unspecified atom stereocenters. The van der Waals surface area contributed by atoms with E-state index in [1.165, 1.54) is 12.8 Å². The average molecular weight is 195 g/mol. The van der Waals surface area contributed by atoms with Crippen LogP contribution in [0.5, 0.6) is 0 Å². The van der Waals surface area contributed by atoms with Crippen molar-refractivity contribution in [2.75, 3.05) is 13.2 Å². The molecule has 0 aliphatic carbocycles. The summed E-state index contributed by atoms with van der Waals surface area (Å²) in [6.45, 7) is 3.32. The van der Waals surface area contributed by atoms with Crippen molar-refractivity contribution in [3.05, 3.63) is 18.0 Å². The summed E-state index contributed by atoms with van der Waals surface area (Å²) >= 11 is 0. The van der Waals surface area contributed by atoms with E-state index in [0.717, 1.165) is 25.3 Å². The Morgan fingerprint density at radius 2 is 2.57 bits per heavy atom. The van der Waals surface area contributed by atoms with Gasteiger partial charge in [-0.3, -0.25) is 4.68 Å². The molecule has 1 saturated heterocycles. The van der Waals surface area contributed by atoms with Crippen LogP contribution in [0.3, 0.4) is 0 Å². The molecule has 14 heavy (non-hydrogen) atoms. The largest absolute Gasteiger partial charge is 0.381 e. The maximum absolute atomic E-state index is 5.52. The standard InChI is InChI=1S/C10H17N3O/c11-4-10-5-12-13(7-10)6-9-2-1-3-14-8-9/h5,7,9H,1-4,6,8,11H2. The van der Waals surface area contributed by atoms with Gasteiger partial charge in [0.05, 0.1) is 12.8 Å². The molecule has 4 heteroatoms. The van der Waals surface area contributed by atoms with Gasteiger partial charge in [-0.25, -0.2) is 0 Å². The second-order valence-electron chi connectivity index (χ2n) is 3.86.